The zero-order chi connectivity index (χ0) is 9.40. The molecule has 71 valence electrons. The molecule has 12 heavy (non-hydrogen) atoms. The lowest BCUT2D eigenvalue weighted by Crippen LogP contribution is -2.35. The summed E-state index contributed by atoms with van der Waals surface area (Å²) in [6.07, 6.45) is 1.32. The summed E-state index contributed by atoms with van der Waals surface area (Å²) in [7, 11) is 0. The van der Waals surface area contributed by atoms with Gasteiger partial charge in [0.15, 0.2) is 0 Å². The smallest absolute Gasteiger partial charge is 0.248 e. The maximum atomic E-state index is 11.0. The Morgan fingerprint density at radius 1 is 1.42 bits per heavy atom. The van der Waals surface area contributed by atoms with E-state index in [1.165, 1.54) is 4.90 Å². The molecule has 0 spiro atoms. The van der Waals surface area contributed by atoms with Crippen molar-refractivity contribution in [1.82, 2.24) is 4.90 Å². The van der Waals surface area contributed by atoms with Gasteiger partial charge in [-0.25, -0.2) is 5.11 Å². The molecule has 0 heterocycles. The van der Waals surface area contributed by atoms with Crippen molar-refractivity contribution in [3.63, 3.8) is 0 Å². The first-order valence-corrected chi connectivity index (χ1v) is 4.23. The fourth-order valence-corrected chi connectivity index (χ4v) is 0.987. The fourth-order valence-electron chi connectivity index (χ4n) is 0.987. The Morgan fingerprint density at radius 3 is 2.50 bits per heavy atom. The van der Waals surface area contributed by atoms with Crippen molar-refractivity contribution in [3.05, 3.63) is 0 Å². The molecular weight excluding hydrogens is 158 g/mol. The SMILES string of the molecule is CCCN(CCC[O])C(=O)CO. The molecule has 1 radical (unpaired) electrons. The third kappa shape index (κ3) is 4.31. The molecular formula is C8H16NO3. The number of carbonyl (C=O) groups excluding carboxylic acids is 1. The number of hydrogen-bond donors (Lipinski definition) is 1. The van der Waals surface area contributed by atoms with E-state index in [1.807, 2.05) is 6.92 Å². The first kappa shape index (κ1) is 11.4. The van der Waals surface area contributed by atoms with E-state index in [4.69, 9.17) is 5.11 Å². The van der Waals surface area contributed by atoms with Gasteiger partial charge in [0.25, 0.3) is 0 Å². The number of nitrogens with zero attached hydrogens (tertiary/aromatic N) is 1. The van der Waals surface area contributed by atoms with Gasteiger partial charge in [0.2, 0.25) is 5.91 Å². The minimum Gasteiger partial charge on any atom is -0.387 e. The summed E-state index contributed by atoms with van der Waals surface area (Å²) in [5.74, 6) is -0.287. The largest absolute Gasteiger partial charge is 0.387 e. The summed E-state index contributed by atoms with van der Waals surface area (Å²) in [6, 6.07) is 0. The predicted octanol–water partition coefficient (Wildman–Crippen LogP) is 0.0379. The molecule has 0 unspecified atom stereocenters. The van der Waals surface area contributed by atoms with E-state index < -0.39 is 6.61 Å². The van der Waals surface area contributed by atoms with Crippen LogP contribution in [0, 0.1) is 0 Å². The second kappa shape index (κ2) is 7.06. The van der Waals surface area contributed by atoms with Gasteiger partial charge in [0, 0.05) is 13.1 Å². The highest BCUT2D eigenvalue weighted by atomic mass is 16.3. The minimum absolute atomic E-state index is 0.168. The topological polar surface area (TPSA) is 60.4 Å². The van der Waals surface area contributed by atoms with Crippen molar-refractivity contribution in [3.8, 4) is 0 Å². The molecule has 0 bridgehead atoms. The normalized spacial score (nSPS) is 9.92. The van der Waals surface area contributed by atoms with Gasteiger partial charge < -0.3 is 10.0 Å². The lowest BCUT2D eigenvalue weighted by Gasteiger charge is -2.20. The highest BCUT2D eigenvalue weighted by molar-refractivity contribution is 5.77. The van der Waals surface area contributed by atoms with Crippen molar-refractivity contribution in [2.24, 2.45) is 0 Å². The third-order valence-corrected chi connectivity index (χ3v) is 1.55. The van der Waals surface area contributed by atoms with Crippen LogP contribution in [0.3, 0.4) is 0 Å². The molecule has 0 aromatic heterocycles. The summed E-state index contributed by atoms with van der Waals surface area (Å²) < 4.78 is 0. The van der Waals surface area contributed by atoms with Crippen LogP contribution in [0.1, 0.15) is 19.8 Å². The summed E-state index contributed by atoms with van der Waals surface area (Å²) >= 11 is 0. The summed E-state index contributed by atoms with van der Waals surface area (Å²) in [5.41, 5.74) is 0. The lowest BCUT2D eigenvalue weighted by atomic mass is 10.3. The van der Waals surface area contributed by atoms with Crippen LogP contribution < -0.4 is 0 Å². The Balaban J connectivity index is 3.76. The van der Waals surface area contributed by atoms with E-state index in [0.29, 0.717) is 19.5 Å². The average molecular weight is 174 g/mol. The number of hydrogen-bond acceptors (Lipinski definition) is 2. The van der Waals surface area contributed by atoms with Gasteiger partial charge in [0.1, 0.15) is 6.61 Å². The molecule has 0 saturated carbocycles. The molecule has 0 saturated heterocycles. The van der Waals surface area contributed by atoms with Crippen LogP contribution in [0.2, 0.25) is 0 Å². The molecule has 4 heteroatoms. The highest BCUT2D eigenvalue weighted by Gasteiger charge is 2.09. The number of aliphatic hydroxyl groups is 1. The minimum atomic E-state index is -0.459. The molecule has 4 nitrogen and oxygen atoms in total. The zero-order valence-corrected chi connectivity index (χ0v) is 7.45. The van der Waals surface area contributed by atoms with Gasteiger partial charge in [0.05, 0.1) is 6.61 Å². The van der Waals surface area contributed by atoms with E-state index in [2.05, 4.69) is 0 Å². The van der Waals surface area contributed by atoms with Crippen LogP contribution in [0.5, 0.6) is 0 Å². The second-order valence-corrected chi connectivity index (χ2v) is 2.60. The molecule has 1 amide bonds. The zero-order valence-electron chi connectivity index (χ0n) is 7.45. The summed E-state index contributed by atoms with van der Waals surface area (Å²) in [4.78, 5) is 12.5. The Kier molecular flexibility index (Phi) is 6.70. The van der Waals surface area contributed by atoms with Crippen LogP contribution in [-0.4, -0.2) is 42.2 Å². The molecule has 0 aromatic rings. The van der Waals surface area contributed by atoms with Crippen LogP contribution in [0.4, 0.5) is 0 Å². The van der Waals surface area contributed by atoms with Gasteiger partial charge >= 0.3 is 0 Å². The first-order valence-electron chi connectivity index (χ1n) is 4.23. The van der Waals surface area contributed by atoms with Gasteiger partial charge in [-0.3, -0.25) is 4.79 Å². The van der Waals surface area contributed by atoms with Crippen LogP contribution >= 0.6 is 0 Å². The molecule has 0 aliphatic rings. The maximum absolute atomic E-state index is 11.0. The van der Waals surface area contributed by atoms with Gasteiger partial charge in [-0.15, -0.1) is 0 Å². The number of amides is 1. The molecule has 0 atom stereocenters. The second-order valence-electron chi connectivity index (χ2n) is 2.60. The first-order chi connectivity index (χ1) is 5.76. The van der Waals surface area contributed by atoms with Crippen molar-refractivity contribution in [2.45, 2.75) is 19.8 Å². The van der Waals surface area contributed by atoms with E-state index in [1.54, 1.807) is 0 Å². The van der Waals surface area contributed by atoms with Crippen molar-refractivity contribution in [2.75, 3.05) is 26.3 Å². The van der Waals surface area contributed by atoms with Crippen LogP contribution in [0.25, 0.3) is 0 Å². The standard InChI is InChI=1S/C8H16NO3/c1-2-4-9(5-3-6-10)8(12)7-11/h11H,2-7H2,1H3. The Bertz CT molecular complexity index is 127. The van der Waals surface area contributed by atoms with Crippen LogP contribution in [-0.2, 0) is 9.90 Å². The van der Waals surface area contributed by atoms with Gasteiger partial charge in [-0.1, -0.05) is 6.92 Å². The highest BCUT2D eigenvalue weighted by Crippen LogP contribution is 1.94. The van der Waals surface area contributed by atoms with Gasteiger partial charge in [-0.05, 0) is 12.8 Å². The van der Waals surface area contributed by atoms with E-state index in [9.17, 15) is 9.90 Å². The van der Waals surface area contributed by atoms with E-state index >= 15 is 0 Å². The maximum Gasteiger partial charge on any atom is 0.248 e. The number of rotatable bonds is 6. The molecule has 1 N–H and O–H groups in total. The predicted molar refractivity (Wildman–Crippen MR) is 44.1 cm³/mol. The molecule has 0 fully saturated rings. The van der Waals surface area contributed by atoms with E-state index in [0.717, 1.165) is 6.42 Å². The molecule has 0 aromatic carbocycles. The van der Waals surface area contributed by atoms with Crippen LogP contribution in [0.15, 0.2) is 0 Å². The monoisotopic (exact) mass is 174 g/mol. The fraction of sp³-hybridized carbons (Fsp3) is 0.875. The number of aliphatic hydroxyl groups excluding tert-OH is 1. The lowest BCUT2D eigenvalue weighted by molar-refractivity contribution is -0.134. The van der Waals surface area contributed by atoms with Crippen molar-refractivity contribution < 1.29 is 15.0 Å². The summed E-state index contributed by atoms with van der Waals surface area (Å²) in [6.45, 7) is 2.42. The average Bonchev–Trinajstić information content (AvgIpc) is 2.11. The molecule has 0 aliphatic heterocycles. The van der Waals surface area contributed by atoms with Crippen molar-refractivity contribution in [1.29, 1.82) is 0 Å². The Hall–Kier alpha value is -0.610. The molecule has 0 rings (SSSR count). The van der Waals surface area contributed by atoms with E-state index in [-0.39, 0.29) is 12.5 Å². The van der Waals surface area contributed by atoms with Crippen molar-refractivity contribution >= 4 is 5.91 Å². The molecule has 0 aliphatic carbocycles. The summed E-state index contributed by atoms with van der Waals surface area (Å²) in [5, 5.41) is 18.7. The third-order valence-electron chi connectivity index (χ3n) is 1.55. The Labute approximate surface area is 72.8 Å². The Morgan fingerprint density at radius 2 is 2.08 bits per heavy atom. The number of carbonyl (C=O) groups is 1. The quantitative estimate of drug-likeness (QED) is 0.618. The van der Waals surface area contributed by atoms with Gasteiger partial charge in [-0.2, -0.15) is 0 Å².